The summed E-state index contributed by atoms with van der Waals surface area (Å²) >= 11 is 12.8. The first-order chi connectivity index (χ1) is 13.8. The van der Waals surface area contributed by atoms with Crippen LogP contribution in [0, 0.1) is 6.92 Å². The molecule has 5 nitrogen and oxygen atoms in total. The van der Waals surface area contributed by atoms with Gasteiger partial charge in [-0.1, -0.05) is 48.3 Å². The van der Waals surface area contributed by atoms with E-state index in [1.54, 1.807) is 32.2 Å². The number of ether oxygens (including phenoxy) is 1. The van der Waals surface area contributed by atoms with E-state index in [9.17, 15) is 4.79 Å². The van der Waals surface area contributed by atoms with Gasteiger partial charge in [-0.25, -0.2) is 4.98 Å². The molecule has 2 aromatic carbocycles. The van der Waals surface area contributed by atoms with Crippen molar-refractivity contribution in [1.82, 2.24) is 9.97 Å². The summed E-state index contributed by atoms with van der Waals surface area (Å²) in [4.78, 5) is 22.1. The fourth-order valence-electron chi connectivity index (χ4n) is 3.28. The average molecular weight is 432 g/mol. The standard InChI is InChI=1S/C22H23Cl2N3O2/c1-13(19-17(23)6-5-7-18(19)24)20-14(2)21(28)26-22(25-20)27(3)12-15-8-10-16(29-4)11-9-15/h5-11,13H,12H2,1-4H3,(H,25,26,28). The van der Waals surface area contributed by atoms with Gasteiger partial charge in [0.2, 0.25) is 5.95 Å². The van der Waals surface area contributed by atoms with Crippen LogP contribution < -0.4 is 15.2 Å². The number of H-pyrrole nitrogens is 1. The second-order valence-electron chi connectivity index (χ2n) is 6.96. The highest BCUT2D eigenvalue weighted by Crippen LogP contribution is 2.35. The van der Waals surface area contributed by atoms with Crippen molar-refractivity contribution < 1.29 is 4.74 Å². The molecule has 1 N–H and O–H groups in total. The Morgan fingerprint density at radius 1 is 1.14 bits per heavy atom. The van der Waals surface area contributed by atoms with Crippen LogP contribution in [0.25, 0.3) is 0 Å². The summed E-state index contributed by atoms with van der Waals surface area (Å²) in [7, 11) is 3.52. The predicted octanol–water partition coefficient (Wildman–Crippen LogP) is 5.18. The quantitative estimate of drug-likeness (QED) is 0.583. The van der Waals surface area contributed by atoms with Crippen LogP contribution in [0.1, 0.15) is 35.2 Å². The van der Waals surface area contributed by atoms with Gasteiger partial charge in [-0.05, 0) is 42.3 Å². The minimum atomic E-state index is -0.230. The van der Waals surface area contributed by atoms with E-state index in [0.717, 1.165) is 16.9 Å². The van der Waals surface area contributed by atoms with Crippen LogP contribution in [0.15, 0.2) is 47.3 Å². The third-order valence-electron chi connectivity index (χ3n) is 4.96. The Bertz CT molecular complexity index is 1040. The highest BCUT2D eigenvalue weighted by atomic mass is 35.5. The molecule has 1 atom stereocenters. The molecule has 0 amide bonds. The number of methoxy groups -OCH3 is 1. The number of nitrogens with one attached hydrogen (secondary N) is 1. The van der Waals surface area contributed by atoms with Crippen molar-refractivity contribution in [1.29, 1.82) is 0 Å². The molecule has 0 spiro atoms. The van der Waals surface area contributed by atoms with Crippen LogP contribution >= 0.6 is 23.2 Å². The molecule has 0 aliphatic carbocycles. The first kappa shape index (κ1) is 21.2. The van der Waals surface area contributed by atoms with E-state index >= 15 is 0 Å². The normalized spacial score (nSPS) is 11.9. The minimum absolute atomic E-state index is 0.179. The molecule has 0 aliphatic rings. The maximum atomic E-state index is 12.6. The molecule has 1 unspecified atom stereocenters. The lowest BCUT2D eigenvalue weighted by Gasteiger charge is -2.22. The SMILES string of the molecule is COc1ccc(CN(C)c2nc(C(C)c3c(Cl)cccc3Cl)c(C)c(=O)[nH]2)cc1. The highest BCUT2D eigenvalue weighted by Gasteiger charge is 2.21. The Kier molecular flexibility index (Phi) is 6.50. The van der Waals surface area contributed by atoms with Gasteiger partial charge in [0.15, 0.2) is 0 Å². The molecule has 152 valence electrons. The Morgan fingerprint density at radius 2 is 1.76 bits per heavy atom. The van der Waals surface area contributed by atoms with Gasteiger partial charge in [0.1, 0.15) is 5.75 Å². The third kappa shape index (κ3) is 4.57. The van der Waals surface area contributed by atoms with E-state index in [0.29, 0.717) is 33.8 Å². The summed E-state index contributed by atoms with van der Waals surface area (Å²) in [6.07, 6.45) is 0. The Balaban J connectivity index is 1.95. The lowest BCUT2D eigenvalue weighted by atomic mass is 9.95. The lowest BCUT2D eigenvalue weighted by molar-refractivity contribution is 0.414. The molecular formula is C22H23Cl2N3O2. The molecule has 0 bridgehead atoms. The summed E-state index contributed by atoms with van der Waals surface area (Å²) < 4.78 is 5.20. The number of aromatic nitrogens is 2. The highest BCUT2D eigenvalue weighted by molar-refractivity contribution is 6.36. The molecule has 29 heavy (non-hydrogen) atoms. The van der Waals surface area contributed by atoms with Gasteiger partial charge < -0.3 is 9.64 Å². The average Bonchev–Trinajstić information content (AvgIpc) is 2.70. The van der Waals surface area contributed by atoms with Crippen LogP contribution in [0.5, 0.6) is 5.75 Å². The summed E-state index contributed by atoms with van der Waals surface area (Å²) in [5.74, 6) is 1.05. The molecule has 0 fully saturated rings. The molecule has 1 heterocycles. The Morgan fingerprint density at radius 3 is 2.34 bits per heavy atom. The third-order valence-corrected chi connectivity index (χ3v) is 5.62. The second-order valence-corrected chi connectivity index (χ2v) is 7.78. The van der Waals surface area contributed by atoms with Crippen LogP contribution in [-0.4, -0.2) is 24.1 Å². The molecule has 3 rings (SSSR count). The van der Waals surface area contributed by atoms with E-state index in [4.69, 9.17) is 32.9 Å². The van der Waals surface area contributed by atoms with Crippen molar-refractivity contribution in [2.45, 2.75) is 26.3 Å². The Hall–Kier alpha value is -2.50. The van der Waals surface area contributed by atoms with Crippen molar-refractivity contribution in [3.8, 4) is 5.75 Å². The first-order valence-electron chi connectivity index (χ1n) is 9.20. The zero-order valence-corrected chi connectivity index (χ0v) is 18.3. The van der Waals surface area contributed by atoms with Crippen LogP contribution in [0.4, 0.5) is 5.95 Å². The van der Waals surface area contributed by atoms with Gasteiger partial charge >= 0.3 is 0 Å². The number of hydrogen-bond donors (Lipinski definition) is 1. The summed E-state index contributed by atoms with van der Waals surface area (Å²) in [5.41, 5.74) is 2.86. The molecule has 7 heteroatoms. The number of nitrogens with zero attached hydrogens (tertiary/aromatic N) is 2. The molecule has 1 aromatic heterocycles. The molecule has 0 saturated carbocycles. The molecule has 0 radical (unpaired) electrons. The minimum Gasteiger partial charge on any atom is -0.497 e. The van der Waals surface area contributed by atoms with Gasteiger partial charge in [0, 0.05) is 35.1 Å². The van der Waals surface area contributed by atoms with Crippen LogP contribution in [-0.2, 0) is 6.54 Å². The monoisotopic (exact) mass is 431 g/mol. The van der Waals surface area contributed by atoms with Crippen molar-refractivity contribution in [2.24, 2.45) is 0 Å². The zero-order valence-electron chi connectivity index (χ0n) is 16.8. The van der Waals surface area contributed by atoms with E-state index in [1.807, 2.05) is 43.1 Å². The number of benzene rings is 2. The maximum Gasteiger partial charge on any atom is 0.255 e. The molecule has 0 saturated heterocycles. The fraction of sp³-hybridized carbons (Fsp3) is 0.273. The molecule has 0 aliphatic heterocycles. The van der Waals surface area contributed by atoms with Gasteiger partial charge in [-0.15, -0.1) is 0 Å². The van der Waals surface area contributed by atoms with E-state index < -0.39 is 0 Å². The van der Waals surface area contributed by atoms with E-state index in [-0.39, 0.29) is 11.5 Å². The van der Waals surface area contributed by atoms with Crippen molar-refractivity contribution in [3.63, 3.8) is 0 Å². The molecular weight excluding hydrogens is 409 g/mol. The number of hydrogen-bond acceptors (Lipinski definition) is 4. The van der Waals surface area contributed by atoms with Crippen molar-refractivity contribution >= 4 is 29.2 Å². The zero-order chi connectivity index (χ0) is 21.1. The number of halogens is 2. The maximum absolute atomic E-state index is 12.6. The first-order valence-corrected chi connectivity index (χ1v) is 9.96. The van der Waals surface area contributed by atoms with Gasteiger partial charge in [-0.3, -0.25) is 9.78 Å². The largest absolute Gasteiger partial charge is 0.497 e. The Labute approximate surface area is 180 Å². The number of anilines is 1. The van der Waals surface area contributed by atoms with Crippen LogP contribution in [0.2, 0.25) is 10.0 Å². The topological polar surface area (TPSA) is 58.2 Å². The van der Waals surface area contributed by atoms with Crippen molar-refractivity contribution in [2.75, 3.05) is 19.1 Å². The van der Waals surface area contributed by atoms with Gasteiger partial charge in [0.05, 0.1) is 12.8 Å². The smallest absolute Gasteiger partial charge is 0.255 e. The fourth-order valence-corrected chi connectivity index (χ4v) is 4.01. The van der Waals surface area contributed by atoms with E-state index in [2.05, 4.69) is 4.98 Å². The van der Waals surface area contributed by atoms with Crippen molar-refractivity contribution in [3.05, 3.63) is 85.2 Å². The summed E-state index contributed by atoms with van der Waals surface area (Å²) in [5, 5.41) is 1.11. The summed E-state index contributed by atoms with van der Waals surface area (Å²) in [6, 6.07) is 13.1. The van der Waals surface area contributed by atoms with Crippen LogP contribution in [0.3, 0.4) is 0 Å². The summed E-state index contributed by atoms with van der Waals surface area (Å²) in [6.45, 7) is 4.29. The van der Waals surface area contributed by atoms with Gasteiger partial charge in [-0.2, -0.15) is 0 Å². The second kappa shape index (κ2) is 8.89. The van der Waals surface area contributed by atoms with Gasteiger partial charge in [0.25, 0.3) is 5.56 Å². The molecule has 3 aromatic rings. The lowest BCUT2D eigenvalue weighted by Crippen LogP contribution is -2.26. The number of rotatable bonds is 6. The van der Waals surface area contributed by atoms with E-state index in [1.165, 1.54) is 0 Å². The predicted molar refractivity (Wildman–Crippen MR) is 119 cm³/mol. The number of aromatic amines is 1.